The van der Waals surface area contributed by atoms with Crippen LogP contribution in [0.1, 0.15) is 13.8 Å². The summed E-state index contributed by atoms with van der Waals surface area (Å²) in [4.78, 5) is 9.67. The number of rotatable bonds is 1. The molecule has 0 spiro atoms. The number of para-hydroxylation sites is 2. The molecule has 0 saturated heterocycles. The third kappa shape index (κ3) is 2.81. The lowest BCUT2D eigenvalue weighted by atomic mass is 9.79. The molecule has 5 aromatic rings. The predicted octanol–water partition coefficient (Wildman–Crippen LogP) is 3.80. The lowest BCUT2D eigenvalue weighted by molar-refractivity contribution is 0.426. The van der Waals surface area contributed by atoms with Gasteiger partial charge in [-0.05, 0) is 28.4 Å². The molecule has 0 unspecified atom stereocenters. The Balaban J connectivity index is 0.000000872. The van der Waals surface area contributed by atoms with E-state index in [1.165, 1.54) is 0 Å². The summed E-state index contributed by atoms with van der Waals surface area (Å²) in [7, 11) is -1.51. The zero-order valence-corrected chi connectivity index (χ0v) is 15.2. The lowest BCUT2D eigenvalue weighted by Gasteiger charge is -2.11. The molecule has 0 saturated carbocycles. The maximum atomic E-state index is 9.56. The van der Waals surface area contributed by atoms with Gasteiger partial charge in [0.1, 0.15) is 0 Å². The fraction of sp³-hybridized carbons (Fsp3) is 0.0909. The number of aromatic nitrogens is 2. The van der Waals surface area contributed by atoms with E-state index in [1.54, 1.807) is 12.1 Å². The Hall–Kier alpha value is -3.02. The highest BCUT2D eigenvalue weighted by Crippen LogP contribution is 2.33. The van der Waals surface area contributed by atoms with E-state index in [1.807, 2.05) is 56.3 Å². The Morgan fingerprint density at radius 3 is 1.78 bits per heavy atom. The molecule has 0 aliphatic carbocycles. The molecular weight excluding hydrogens is 335 g/mol. The van der Waals surface area contributed by atoms with E-state index in [0.29, 0.717) is 5.46 Å². The van der Waals surface area contributed by atoms with Gasteiger partial charge in [0.15, 0.2) is 0 Å². The molecule has 0 aliphatic rings. The van der Waals surface area contributed by atoms with E-state index in [0.717, 1.165) is 43.6 Å². The molecular formula is C22H19BN2O2. The second kappa shape index (κ2) is 6.95. The Morgan fingerprint density at radius 2 is 1.15 bits per heavy atom. The van der Waals surface area contributed by atoms with E-state index in [2.05, 4.69) is 12.1 Å². The van der Waals surface area contributed by atoms with Gasteiger partial charge in [-0.3, -0.25) is 0 Å². The SMILES string of the molecule is CC.OB(O)c1ccc2c3ccccc3c3nc4ccccc4nc3c2c1. The molecule has 4 nitrogen and oxygen atoms in total. The Kier molecular flexibility index (Phi) is 4.48. The zero-order chi connectivity index (χ0) is 19.0. The molecule has 132 valence electrons. The van der Waals surface area contributed by atoms with Crippen molar-refractivity contribution in [3.05, 3.63) is 66.7 Å². The molecule has 0 aliphatic heterocycles. The van der Waals surface area contributed by atoms with Gasteiger partial charge >= 0.3 is 7.12 Å². The lowest BCUT2D eigenvalue weighted by Crippen LogP contribution is -2.29. The van der Waals surface area contributed by atoms with Crippen LogP contribution in [-0.4, -0.2) is 27.1 Å². The Bertz CT molecular complexity index is 1290. The van der Waals surface area contributed by atoms with Gasteiger partial charge in [0, 0.05) is 10.8 Å². The van der Waals surface area contributed by atoms with Gasteiger partial charge in [-0.1, -0.05) is 68.4 Å². The summed E-state index contributed by atoms with van der Waals surface area (Å²) in [6, 6.07) is 21.3. The number of nitrogens with zero attached hydrogens (tertiary/aromatic N) is 2. The Morgan fingerprint density at radius 1 is 0.630 bits per heavy atom. The van der Waals surface area contributed by atoms with Gasteiger partial charge in [0.25, 0.3) is 0 Å². The van der Waals surface area contributed by atoms with Crippen molar-refractivity contribution in [3.8, 4) is 0 Å². The van der Waals surface area contributed by atoms with Crippen molar-refractivity contribution >= 4 is 56.2 Å². The molecule has 2 N–H and O–H groups in total. The van der Waals surface area contributed by atoms with Crippen molar-refractivity contribution in [2.24, 2.45) is 0 Å². The first-order valence-electron chi connectivity index (χ1n) is 9.09. The maximum absolute atomic E-state index is 9.56. The minimum Gasteiger partial charge on any atom is -0.423 e. The summed E-state index contributed by atoms with van der Waals surface area (Å²) in [5.41, 5.74) is 3.71. The smallest absolute Gasteiger partial charge is 0.423 e. The van der Waals surface area contributed by atoms with Crippen LogP contribution in [-0.2, 0) is 0 Å². The summed E-state index contributed by atoms with van der Waals surface area (Å²) in [5.74, 6) is 0. The molecule has 4 aromatic carbocycles. The number of benzene rings is 4. The molecule has 0 fully saturated rings. The third-order valence-corrected chi connectivity index (χ3v) is 4.64. The van der Waals surface area contributed by atoms with Crippen molar-refractivity contribution in [2.75, 3.05) is 0 Å². The van der Waals surface area contributed by atoms with Crippen LogP contribution in [0.3, 0.4) is 0 Å². The van der Waals surface area contributed by atoms with Gasteiger partial charge in [-0.25, -0.2) is 9.97 Å². The summed E-state index contributed by atoms with van der Waals surface area (Å²) >= 11 is 0. The van der Waals surface area contributed by atoms with Crippen molar-refractivity contribution in [1.82, 2.24) is 9.97 Å². The molecule has 0 radical (unpaired) electrons. The second-order valence-electron chi connectivity index (χ2n) is 6.13. The molecule has 1 aromatic heterocycles. The van der Waals surface area contributed by atoms with E-state index >= 15 is 0 Å². The molecule has 27 heavy (non-hydrogen) atoms. The van der Waals surface area contributed by atoms with Crippen molar-refractivity contribution in [3.63, 3.8) is 0 Å². The fourth-order valence-corrected chi connectivity index (χ4v) is 3.45. The molecule has 0 amide bonds. The normalized spacial score (nSPS) is 11.0. The first-order chi connectivity index (χ1) is 13.2. The first-order valence-corrected chi connectivity index (χ1v) is 9.09. The first kappa shape index (κ1) is 17.4. The van der Waals surface area contributed by atoms with Gasteiger partial charge in [0.05, 0.1) is 22.1 Å². The summed E-state index contributed by atoms with van der Waals surface area (Å²) in [5, 5.41) is 23.1. The van der Waals surface area contributed by atoms with E-state index < -0.39 is 7.12 Å². The second-order valence-corrected chi connectivity index (χ2v) is 6.13. The zero-order valence-electron chi connectivity index (χ0n) is 15.2. The average molecular weight is 354 g/mol. The highest BCUT2D eigenvalue weighted by molar-refractivity contribution is 6.59. The fourth-order valence-electron chi connectivity index (χ4n) is 3.45. The molecule has 0 atom stereocenters. The van der Waals surface area contributed by atoms with Crippen LogP contribution < -0.4 is 5.46 Å². The molecule has 5 rings (SSSR count). The molecule has 5 heteroatoms. The Labute approximate surface area is 157 Å². The summed E-state index contributed by atoms with van der Waals surface area (Å²) < 4.78 is 0. The van der Waals surface area contributed by atoms with Crippen LogP contribution >= 0.6 is 0 Å². The van der Waals surface area contributed by atoms with Crippen LogP contribution in [0, 0.1) is 0 Å². The maximum Gasteiger partial charge on any atom is 0.488 e. The summed E-state index contributed by atoms with van der Waals surface area (Å²) in [6.45, 7) is 4.00. The quantitative estimate of drug-likeness (QED) is 0.273. The van der Waals surface area contributed by atoms with Crippen LogP contribution in [0.4, 0.5) is 0 Å². The minimum absolute atomic E-state index is 0.444. The highest BCUT2D eigenvalue weighted by atomic mass is 16.4. The van der Waals surface area contributed by atoms with Crippen molar-refractivity contribution < 1.29 is 10.0 Å². The monoisotopic (exact) mass is 354 g/mol. The minimum atomic E-state index is -1.51. The number of hydrogen-bond donors (Lipinski definition) is 2. The van der Waals surface area contributed by atoms with Crippen molar-refractivity contribution in [1.29, 1.82) is 0 Å². The number of fused-ring (bicyclic) bond motifs is 7. The topological polar surface area (TPSA) is 66.2 Å². The van der Waals surface area contributed by atoms with E-state index in [9.17, 15) is 10.0 Å². The predicted molar refractivity (Wildman–Crippen MR) is 113 cm³/mol. The van der Waals surface area contributed by atoms with Gasteiger partial charge in [-0.2, -0.15) is 0 Å². The van der Waals surface area contributed by atoms with Crippen LogP contribution in [0.15, 0.2) is 66.7 Å². The largest absolute Gasteiger partial charge is 0.488 e. The van der Waals surface area contributed by atoms with Crippen LogP contribution in [0.25, 0.3) is 43.6 Å². The molecule has 1 heterocycles. The molecule has 0 bridgehead atoms. The standard InChI is InChI=1S/C20H13BN2O2.C2H6/c24-21(25)12-9-10-14-13-5-1-2-6-15(13)19-20(16(14)11-12)23-18-8-4-3-7-17(18)22-19;1-2/h1-11,24-25H;1-2H3. The van der Waals surface area contributed by atoms with Crippen molar-refractivity contribution in [2.45, 2.75) is 13.8 Å². The average Bonchev–Trinajstić information content (AvgIpc) is 2.74. The van der Waals surface area contributed by atoms with Crippen LogP contribution in [0.2, 0.25) is 0 Å². The van der Waals surface area contributed by atoms with Gasteiger partial charge in [-0.15, -0.1) is 0 Å². The highest BCUT2D eigenvalue weighted by Gasteiger charge is 2.16. The van der Waals surface area contributed by atoms with Gasteiger partial charge in [0.2, 0.25) is 0 Å². The summed E-state index contributed by atoms with van der Waals surface area (Å²) in [6.07, 6.45) is 0. The third-order valence-electron chi connectivity index (χ3n) is 4.64. The van der Waals surface area contributed by atoms with Gasteiger partial charge < -0.3 is 10.0 Å². The van der Waals surface area contributed by atoms with E-state index in [4.69, 9.17) is 9.97 Å². The van der Waals surface area contributed by atoms with E-state index in [-0.39, 0.29) is 0 Å². The van der Waals surface area contributed by atoms with Crippen LogP contribution in [0.5, 0.6) is 0 Å². The number of hydrogen-bond acceptors (Lipinski definition) is 4.